The fraction of sp³-hybridized carbons (Fsp3) is 0.438. The maximum Gasteiger partial charge on any atom is 0.251 e. The van der Waals surface area contributed by atoms with E-state index in [4.69, 9.17) is 5.11 Å². The summed E-state index contributed by atoms with van der Waals surface area (Å²) in [6, 6.07) is 5.52. The third-order valence-electron chi connectivity index (χ3n) is 2.88. The Bertz CT molecular complexity index is 513. The van der Waals surface area contributed by atoms with E-state index in [0.717, 1.165) is 17.7 Å². The summed E-state index contributed by atoms with van der Waals surface area (Å²) < 4.78 is 0. The highest BCUT2D eigenvalue weighted by Crippen LogP contribution is 2.12. The first-order chi connectivity index (χ1) is 9.56. The number of rotatable bonds is 5. The van der Waals surface area contributed by atoms with Gasteiger partial charge in [-0.2, -0.15) is 0 Å². The van der Waals surface area contributed by atoms with E-state index in [1.54, 1.807) is 6.07 Å². The highest BCUT2D eigenvalue weighted by molar-refractivity contribution is 5.96. The van der Waals surface area contributed by atoms with Crippen LogP contribution in [0, 0.1) is 18.8 Å². The lowest BCUT2D eigenvalue weighted by molar-refractivity contribution is 0.0950. The van der Waals surface area contributed by atoms with Gasteiger partial charge < -0.3 is 15.3 Å². The summed E-state index contributed by atoms with van der Waals surface area (Å²) >= 11 is 0. The minimum absolute atomic E-state index is 0.0523. The predicted octanol–water partition coefficient (Wildman–Crippen LogP) is 1.02. The lowest BCUT2D eigenvalue weighted by Gasteiger charge is -2.12. The first-order valence-corrected chi connectivity index (χ1v) is 6.68. The highest BCUT2D eigenvalue weighted by Gasteiger charge is 2.10. The van der Waals surface area contributed by atoms with Gasteiger partial charge >= 0.3 is 0 Å². The molecule has 0 aliphatic heterocycles. The minimum atomic E-state index is -0.0739. The number of likely N-dealkylation sites (N-methyl/N-ethyl adjacent to an activating group) is 1. The minimum Gasteiger partial charge on any atom is -0.395 e. The molecule has 20 heavy (non-hydrogen) atoms. The van der Waals surface area contributed by atoms with Crippen LogP contribution in [0.1, 0.15) is 27.9 Å². The molecular formula is C16H22N2O2. The Morgan fingerprint density at radius 3 is 2.80 bits per heavy atom. The van der Waals surface area contributed by atoms with Crippen LogP contribution in [0.15, 0.2) is 18.2 Å². The number of carbonyl (C=O) groups is 1. The molecule has 0 bridgehead atoms. The van der Waals surface area contributed by atoms with Crippen molar-refractivity contribution < 1.29 is 9.90 Å². The Balaban J connectivity index is 2.78. The van der Waals surface area contributed by atoms with Crippen LogP contribution in [0.25, 0.3) is 0 Å². The molecule has 1 rings (SSSR count). The van der Waals surface area contributed by atoms with Crippen LogP contribution in [-0.4, -0.2) is 49.7 Å². The maximum atomic E-state index is 12.1. The number of benzene rings is 1. The summed E-state index contributed by atoms with van der Waals surface area (Å²) in [7, 11) is 3.93. The summed E-state index contributed by atoms with van der Waals surface area (Å²) in [5.41, 5.74) is 2.36. The molecule has 2 N–H and O–H groups in total. The van der Waals surface area contributed by atoms with Crippen LogP contribution in [-0.2, 0) is 0 Å². The van der Waals surface area contributed by atoms with Gasteiger partial charge in [0.2, 0.25) is 0 Å². The summed E-state index contributed by atoms with van der Waals surface area (Å²) in [6.45, 7) is 3.37. The molecule has 0 heterocycles. The zero-order chi connectivity index (χ0) is 15.0. The van der Waals surface area contributed by atoms with Crippen molar-refractivity contribution in [3.63, 3.8) is 0 Å². The van der Waals surface area contributed by atoms with Gasteiger partial charge in [-0.3, -0.25) is 4.79 Å². The van der Waals surface area contributed by atoms with Gasteiger partial charge in [0.15, 0.2) is 0 Å². The molecular weight excluding hydrogens is 252 g/mol. The van der Waals surface area contributed by atoms with Crippen molar-refractivity contribution in [3.8, 4) is 11.8 Å². The van der Waals surface area contributed by atoms with Crippen molar-refractivity contribution >= 4 is 5.91 Å². The quantitative estimate of drug-likeness (QED) is 0.788. The van der Waals surface area contributed by atoms with E-state index in [9.17, 15) is 4.79 Å². The number of carbonyl (C=O) groups excluding carboxylic acids is 1. The van der Waals surface area contributed by atoms with E-state index < -0.39 is 0 Å². The fourth-order valence-electron chi connectivity index (χ4n) is 1.72. The van der Waals surface area contributed by atoms with Crippen LogP contribution in [0.4, 0.5) is 0 Å². The third-order valence-corrected chi connectivity index (χ3v) is 2.88. The predicted molar refractivity (Wildman–Crippen MR) is 80.6 cm³/mol. The lowest BCUT2D eigenvalue weighted by Crippen LogP contribution is -2.31. The molecule has 0 saturated heterocycles. The number of nitrogens with one attached hydrogen (secondary N) is 1. The van der Waals surface area contributed by atoms with Gasteiger partial charge in [0.05, 0.1) is 6.61 Å². The summed E-state index contributed by atoms with van der Waals surface area (Å²) in [6.07, 6.45) is 0.443. The number of nitrogens with zero attached hydrogens (tertiary/aromatic N) is 1. The highest BCUT2D eigenvalue weighted by atomic mass is 16.2. The molecule has 0 aliphatic rings. The van der Waals surface area contributed by atoms with Gasteiger partial charge in [-0.25, -0.2) is 0 Å². The zero-order valence-corrected chi connectivity index (χ0v) is 12.4. The van der Waals surface area contributed by atoms with E-state index in [1.165, 1.54) is 0 Å². The molecule has 1 aromatic rings. The second kappa shape index (κ2) is 8.36. The molecule has 0 aliphatic carbocycles. The van der Waals surface area contributed by atoms with Crippen molar-refractivity contribution in [2.45, 2.75) is 13.3 Å². The van der Waals surface area contributed by atoms with Gasteiger partial charge in [-0.05, 0) is 38.7 Å². The summed E-state index contributed by atoms with van der Waals surface area (Å²) in [5, 5.41) is 11.6. The molecule has 108 valence electrons. The lowest BCUT2D eigenvalue weighted by atomic mass is 10.0. The standard InChI is InChI=1S/C16H22N2O2/c1-13-14(7-4-5-12-19)8-6-9-15(13)16(20)17-10-11-18(2)3/h6,8-9,19H,5,10-12H2,1-3H3,(H,17,20). The first kappa shape index (κ1) is 16.2. The molecule has 0 unspecified atom stereocenters. The Kier molecular flexibility index (Phi) is 6.78. The number of aliphatic hydroxyl groups is 1. The number of amides is 1. The molecule has 0 saturated carbocycles. The van der Waals surface area contributed by atoms with Gasteiger partial charge in [-0.1, -0.05) is 17.9 Å². The largest absolute Gasteiger partial charge is 0.395 e. The number of aliphatic hydroxyl groups excluding tert-OH is 1. The number of hydrogen-bond acceptors (Lipinski definition) is 3. The van der Waals surface area contributed by atoms with Crippen molar-refractivity contribution in [1.29, 1.82) is 0 Å². The van der Waals surface area contributed by atoms with Gasteiger partial charge in [-0.15, -0.1) is 0 Å². The molecule has 4 heteroatoms. The molecule has 1 aromatic carbocycles. The monoisotopic (exact) mass is 274 g/mol. The van der Waals surface area contributed by atoms with E-state index in [1.807, 2.05) is 38.1 Å². The zero-order valence-electron chi connectivity index (χ0n) is 12.4. The molecule has 0 spiro atoms. The molecule has 0 aromatic heterocycles. The average Bonchev–Trinajstić information content (AvgIpc) is 2.40. The topological polar surface area (TPSA) is 52.6 Å². The van der Waals surface area contributed by atoms with Crippen molar-refractivity contribution in [1.82, 2.24) is 10.2 Å². The second-order valence-corrected chi connectivity index (χ2v) is 4.81. The van der Waals surface area contributed by atoms with Crippen LogP contribution >= 0.6 is 0 Å². The van der Waals surface area contributed by atoms with Gasteiger partial charge in [0.1, 0.15) is 0 Å². The Hall–Kier alpha value is -1.83. The van der Waals surface area contributed by atoms with E-state index in [0.29, 0.717) is 18.5 Å². The van der Waals surface area contributed by atoms with Gasteiger partial charge in [0, 0.05) is 30.6 Å². The fourth-order valence-corrected chi connectivity index (χ4v) is 1.72. The molecule has 1 amide bonds. The van der Waals surface area contributed by atoms with Gasteiger partial charge in [0.25, 0.3) is 5.91 Å². The average molecular weight is 274 g/mol. The second-order valence-electron chi connectivity index (χ2n) is 4.81. The summed E-state index contributed by atoms with van der Waals surface area (Å²) in [4.78, 5) is 14.1. The molecule has 4 nitrogen and oxygen atoms in total. The SMILES string of the molecule is Cc1c(C#CCCO)cccc1C(=O)NCCN(C)C. The van der Waals surface area contributed by atoms with Crippen LogP contribution < -0.4 is 5.32 Å². The normalized spacial score (nSPS) is 10.1. The Labute approximate surface area is 120 Å². The molecule has 0 atom stereocenters. The van der Waals surface area contributed by atoms with E-state index in [-0.39, 0.29) is 12.5 Å². The van der Waals surface area contributed by atoms with E-state index in [2.05, 4.69) is 17.2 Å². The van der Waals surface area contributed by atoms with Crippen molar-refractivity contribution in [3.05, 3.63) is 34.9 Å². The molecule has 0 fully saturated rings. The van der Waals surface area contributed by atoms with Crippen LogP contribution in [0.2, 0.25) is 0 Å². The van der Waals surface area contributed by atoms with Crippen LogP contribution in [0.3, 0.4) is 0 Å². The smallest absolute Gasteiger partial charge is 0.251 e. The Morgan fingerprint density at radius 2 is 2.15 bits per heavy atom. The first-order valence-electron chi connectivity index (χ1n) is 6.68. The third kappa shape index (κ3) is 5.04. The van der Waals surface area contributed by atoms with Crippen molar-refractivity contribution in [2.75, 3.05) is 33.8 Å². The van der Waals surface area contributed by atoms with Crippen LogP contribution in [0.5, 0.6) is 0 Å². The summed E-state index contributed by atoms with van der Waals surface area (Å²) in [5.74, 6) is 5.79. The number of hydrogen-bond donors (Lipinski definition) is 2. The maximum absolute atomic E-state index is 12.1. The Morgan fingerprint density at radius 1 is 1.40 bits per heavy atom. The van der Waals surface area contributed by atoms with Crippen molar-refractivity contribution in [2.24, 2.45) is 0 Å². The molecule has 0 radical (unpaired) electrons. The van der Waals surface area contributed by atoms with E-state index >= 15 is 0 Å².